The molecule has 2 nitrogen and oxygen atoms in total. The minimum absolute atomic E-state index is 0.0155. The van der Waals surface area contributed by atoms with Crippen LogP contribution in [0.5, 0.6) is 0 Å². The normalized spacial score (nSPS) is 20.0. The van der Waals surface area contributed by atoms with E-state index in [9.17, 15) is 13.2 Å². The number of rotatable bonds is 4. The number of thiazole rings is 1. The van der Waals surface area contributed by atoms with Gasteiger partial charge in [-0.15, -0.1) is 11.3 Å². The van der Waals surface area contributed by atoms with Crippen molar-refractivity contribution in [3.63, 3.8) is 0 Å². The second kappa shape index (κ2) is 7.58. The molecule has 2 rings (SSSR count). The molecule has 1 aromatic rings. The van der Waals surface area contributed by atoms with E-state index in [2.05, 4.69) is 10.3 Å². The van der Waals surface area contributed by atoms with E-state index in [4.69, 9.17) is 0 Å². The molecular weight excluding hydrogens is 297 g/mol. The fourth-order valence-electron chi connectivity index (χ4n) is 3.10. The van der Waals surface area contributed by atoms with Crippen LogP contribution in [0.1, 0.15) is 67.8 Å². The van der Waals surface area contributed by atoms with Gasteiger partial charge in [0.05, 0.1) is 0 Å². The second-order valence-electron chi connectivity index (χ2n) is 5.71. The lowest BCUT2D eigenvalue weighted by atomic mass is 9.85. The molecule has 1 atom stereocenters. The Morgan fingerprint density at radius 1 is 1.24 bits per heavy atom. The SMILES string of the molecule is CCNC(c1cnc(C(F)(F)F)s1)C1CCCCCCC1. The summed E-state index contributed by atoms with van der Waals surface area (Å²) in [6, 6.07) is 0.0155. The molecule has 1 N–H and O–H groups in total. The van der Waals surface area contributed by atoms with Crippen LogP contribution >= 0.6 is 11.3 Å². The molecule has 6 heteroatoms. The maximum Gasteiger partial charge on any atom is 0.443 e. The van der Waals surface area contributed by atoms with Crippen molar-refractivity contribution in [1.29, 1.82) is 0 Å². The maximum absolute atomic E-state index is 12.7. The Morgan fingerprint density at radius 2 is 1.86 bits per heavy atom. The molecular formula is C15H23F3N2S. The van der Waals surface area contributed by atoms with Gasteiger partial charge in [-0.25, -0.2) is 4.98 Å². The largest absolute Gasteiger partial charge is 0.443 e. The third-order valence-corrected chi connectivity index (χ3v) is 5.24. The molecule has 0 aromatic carbocycles. The molecule has 1 heterocycles. The van der Waals surface area contributed by atoms with Gasteiger partial charge in [-0.2, -0.15) is 13.2 Å². The highest BCUT2D eigenvalue weighted by molar-refractivity contribution is 7.11. The van der Waals surface area contributed by atoms with Crippen molar-refractivity contribution >= 4 is 11.3 Å². The summed E-state index contributed by atoms with van der Waals surface area (Å²) in [5.74, 6) is 0.423. The fraction of sp³-hybridized carbons (Fsp3) is 0.800. The van der Waals surface area contributed by atoms with Gasteiger partial charge in [-0.05, 0) is 25.3 Å². The van der Waals surface area contributed by atoms with E-state index >= 15 is 0 Å². The average Bonchev–Trinajstić information content (AvgIpc) is 2.85. The molecule has 0 radical (unpaired) electrons. The number of aromatic nitrogens is 1. The Kier molecular flexibility index (Phi) is 6.05. The van der Waals surface area contributed by atoms with Crippen LogP contribution in [0, 0.1) is 5.92 Å². The third-order valence-electron chi connectivity index (χ3n) is 4.12. The lowest BCUT2D eigenvalue weighted by molar-refractivity contribution is -0.137. The minimum atomic E-state index is -4.33. The van der Waals surface area contributed by atoms with Crippen molar-refractivity contribution in [2.45, 2.75) is 64.1 Å². The molecule has 120 valence electrons. The molecule has 21 heavy (non-hydrogen) atoms. The summed E-state index contributed by atoms with van der Waals surface area (Å²) < 4.78 is 38.2. The quantitative estimate of drug-likeness (QED) is 0.827. The van der Waals surface area contributed by atoms with E-state index in [0.29, 0.717) is 5.92 Å². The van der Waals surface area contributed by atoms with Crippen molar-refractivity contribution in [3.8, 4) is 0 Å². The molecule has 0 saturated heterocycles. The molecule has 1 aromatic heterocycles. The average molecular weight is 320 g/mol. The topological polar surface area (TPSA) is 24.9 Å². The number of nitrogens with zero attached hydrogens (tertiary/aromatic N) is 1. The fourth-order valence-corrected chi connectivity index (χ4v) is 4.05. The summed E-state index contributed by atoms with van der Waals surface area (Å²) in [5, 5.41) is 2.65. The highest BCUT2D eigenvalue weighted by Gasteiger charge is 2.36. The van der Waals surface area contributed by atoms with E-state index < -0.39 is 11.2 Å². The Bertz CT molecular complexity index is 423. The van der Waals surface area contributed by atoms with Gasteiger partial charge in [0, 0.05) is 17.1 Å². The van der Waals surface area contributed by atoms with E-state index in [1.807, 2.05) is 6.92 Å². The van der Waals surface area contributed by atoms with Crippen molar-refractivity contribution < 1.29 is 13.2 Å². The van der Waals surface area contributed by atoms with Crippen LogP contribution in [0.15, 0.2) is 6.20 Å². The van der Waals surface area contributed by atoms with E-state index in [-0.39, 0.29) is 6.04 Å². The third kappa shape index (κ3) is 4.68. The van der Waals surface area contributed by atoms with Crippen LogP contribution in [0.4, 0.5) is 13.2 Å². The predicted octanol–water partition coefficient (Wildman–Crippen LogP) is 5.17. The van der Waals surface area contributed by atoms with Gasteiger partial charge in [0.1, 0.15) is 0 Å². The summed E-state index contributed by atoms with van der Waals surface area (Å²) in [7, 11) is 0. The second-order valence-corrected chi connectivity index (χ2v) is 6.77. The van der Waals surface area contributed by atoms with Gasteiger partial charge in [0.15, 0.2) is 5.01 Å². The van der Waals surface area contributed by atoms with Crippen LogP contribution in [-0.2, 0) is 6.18 Å². The number of nitrogens with one attached hydrogen (secondary N) is 1. The summed E-state index contributed by atoms with van der Waals surface area (Å²) in [4.78, 5) is 4.31. The molecule has 1 aliphatic rings. The Balaban J connectivity index is 2.14. The summed E-state index contributed by atoms with van der Waals surface area (Å²) in [6.07, 6.45) is 5.40. The minimum Gasteiger partial charge on any atom is -0.309 e. The van der Waals surface area contributed by atoms with Gasteiger partial charge in [-0.1, -0.05) is 39.0 Å². The standard InChI is InChI=1S/C15H23F3N2S/c1-2-19-13(11-8-6-4-3-5-7-9-11)12-10-20-14(21-12)15(16,17)18/h10-11,13,19H,2-9H2,1H3. The zero-order valence-corrected chi connectivity index (χ0v) is 13.2. The number of alkyl halides is 3. The van der Waals surface area contributed by atoms with Gasteiger partial charge in [-0.3, -0.25) is 0 Å². The Hall–Kier alpha value is -0.620. The zero-order chi connectivity index (χ0) is 15.3. The molecule has 0 aliphatic heterocycles. The van der Waals surface area contributed by atoms with Crippen molar-refractivity contribution in [3.05, 3.63) is 16.1 Å². The van der Waals surface area contributed by atoms with E-state index in [1.54, 1.807) is 0 Å². The number of halogens is 3. The smallest absolute Gasteiger partial charge is 0.309 e. The molecule has 1 aliphatic carbocycles. The molecule has 1 unspecified atom stereocenters. The summed E-state index contributed by atoms with van der Waals surface area (Å²) >= 11 is 0.795. The van der Waals surface area contributed by atoms with Gasteiger partial charge < -0.3 is 5.32 Å². The van der Waals surface area contributed by atoms with Crippen LogP contribution in [0.25, 0.3) is 0 Å². The monoisotopic (exact) mass is 320 g/mol. The number of hydrogen-bond acceptors (Lipinski definition) is 3. The summed E-state index contributed by atoms with van der Waals surface area (Å²) in [6.45, 7) is 2.77. The lowest BCUT2D eigenvalue weighted by Crippen LogP contribution is -2.28. The summed E-state index contributed by atoms with van der Waals surface area (Å²) in [5.41, 5.74) is 0. The first-order chi connectivity index (χ1) is 10.0. The zero-order valence-electron chi connectivity index (χ0n) is 12.4. The van der Waals surface area contributed by atoms with Crippen molar-refractivity contribution in [2.24, 2.45) is 5.92 Å². The highest BCUT2D eigenvalue weighted by atomic mass is 32.1. The molecule has 1 saturated carbocycles. The highest BCUT2D eigenvalue weighted by Crippen LogP contribution is 2.39. The van der Waals surface area contributed by atoms with Crippen LogP contribution < -0.4 is 5.32 Å². The van der Waals surface area contributed by atoms with Crippen LogP contribution in [0.3, 0.4) is 0 Å². The number of hydrogen-bond donors (Lipinski definition) is 1. The van der Waals surface area contributed by atoms with Crippen molar-refractivity contribution in [1.82, 2.24) is 10.3 Å². The first kappa shape index (κ1) is 16.7. The van der Waals surface area contributed by atoms with Gasteiger partial charge >= 0.3 is 6.18 Å². The molecule has 1 fully saturated rings. The van der Waals surface area contributed by atoms with Crippen LogP contribution in [0.2, 0.25) is 0 Å². The molecule has 0 spiro atoms. The lowest BCUT2D eigenvalue weighted by Gasteiger charge is -2.28. The van der Waals surface area contributed by atoms with Gasteiger partial charge in [0.2, 0.25) is 0 Å². The van der Waals surface area contributed by atoms with Crippen LogP contribution in [-0.4, -0.2) is 11.5 Å². The predicted molar refractivity (Wildman–Crippen MR) is 79.3 cm³/mol. The first-order valence-corrected chi connectivity index (χ1v) is 8.60. The van der Waals surface area contributed by atoms with E-state index in [1.165, 1.54) is 38.3 Å². The molecule has 0 bridgehead atoms. The Morgan fingerprint density at radius 3 is 2.38 bits per heavy atom. The maximum atomic E-state index is 12.7. The molecule has 0 amide bonds. The first-order valence-electron chi connectivity index (χ1n) is 7.78. The van der Waals surface area contributed by atoms with E-state index in [0.717, 1.165) is 35.6 Å². The Labute approximate surface area is 128 Å². The van der Waals surface area contributed by atoms with Crippen molar-refractivity contribution in [2.75, 3.05) is 6.54 Å². The van der Waals surface area contributed by atoms with Gasteiger partial charge in [0.25, 0.3) is 0 Å².